The van der Waals surface area contributed by atoms with Gasteiger partial charge in [-0.3, -0.25) is 24.3 Å². The van der Waals surface area contributed by atoms with Crippen molar-refractivity contribution in [1.29, 1.82) is 0 Å². The van der Waals surface area contributed by atoms with Crippen LogP contribution in [0.1, 0.15) is 11.1 Å². The monoisotopic (exact) mass is 426 g/mol. The number of nitrogen functional groups attached to an aromatic ring is 1. The van der Waals surface area contributed by atoms with Gasteiger partial charge < -0.3 is 11.1 Å². The smallest absolute Gasteiger partial charge is 0.329 e. The minimum atomic E-state index is -0.583. The Morgan fingerprint density at radius 1 is 1.03 bits per heavy atom. The number of hydrogen-bond donors (Lipinski definition) is 3. The molecular formula is C24H22N6O2. The molecule has 2 aromatic carbocycles. The summed E-state index contributed by atoms with van der Waals surface area (Å²) in [6.07, 6.45) is 1.75. The number of benzene rings is 2. The molecule has 160 valence electrons. The molecule has 0 aliphatic rings. The van der Waals surface area contributed by atoms with E-state index in [2.05, 4.69) is 20.3 Å². The fraction of sp³-hybridized carbons (Fsp3) is 0.0833. The molecule has 0 unspecified atom stereocenters. The molecular weight excluding hydrogens is 404 g/mol. The minimum Gasteiger partial charge on any atom is -0.384 e. The SMILES string of the molecule is Cn1c(=O)[nH]c(N)c(C(=NCc2ccc(-c3ccccn3)cc2)Nc2ccccc2)c1=O. The third-order valence-corrected chi connectivity index (χ3v) is 4.94. The highest BCUT2D eigenvalue weighted by Gasteiger charge is 2.16. The van der Waals surface area contributed by atoms with Crippen LogP contribution in [0.25, 0.3) is 11.3 Å². The summed E-state index contributed by atoms with van der Waals surface area (Å²) in [5.74, 6) is 0.241. The third kappa shape index (κ3) is 4.49. The second-order valence-electron chi connectivity index (χ2n) is 7.15. The van der Waals surface area contributed by atoms with E-state index in [4.69, 9.17) is 5.73 Å². The van der Waals surface area contributed by atoms with Crippen molar-refractivity contribution in [2.45, 2.75) is 6.54 Å². The molecule has 0 bridgehead atoms. The van der Waals surface area contributed by atoms with E-state index < -0.39 is 11.2 Å². The summed E-state index contributed by atoms with van der Waals surface area (Å²) in [5.41, 5.74) is 8.57. The van der Waals surface area contributed by atoms with Gasteiger partial charge in [-0.2, -0.15) is 0 Å². The molecule has 4 N–H and O–H groups in total. The fourth-order valence-electron chi connectivity index (χ4n) is 3.19. The van der Waals surface area contributed by atoms with E-state index in [0.717, 1.165) is 27.1 Å². The van der Waals surface area contributed by atoms with Gasteiger partial charge in [0, 0.05) is 24.5 Å². The molecule has 8 nitrogen and oxygen atoms in total. The van der Waals surface area contributed by atoms with Gasteiger partial charge in [-0.05, 0) is 29.8 Å². The highest BCUT2D eigenvalue weighted by Crippen LogP contribution is 2.18. The Hall–Kier alpha value is -4.46. The van der Waals surface area contributed by atoms with Gasteiger partial charge in [0.05, 0.1) is 12.2 Å². The van der Waals surface area contributed by atoms with Crippen molar-refractivity contribution in [3.8, 4) is 11.3 Å². The zero-order chi connectivity index (χ0) is 22.5. The van der Waals surface area contributed by atoms with Crippen LogP contribution in [0, 0.1) is 0 Å². The second-order valence-corrected chi connectivity index (χ2v) is 7.15. The Morgan fingerprint density at radius 3 is 2.44 bits per heavy atom. The summed E-state index contributed by atoms with van der Waals surface area (Å²) in [4.78, 5) is 36.2. The highest BCUT2D eigenvalue weighted by atomic mass is 16.2. The topological polar surface area (TPSA) is 118 Å². The van der Waals surface area contributed by atoms with E-state index in [0.29, 0.717) is 6.54 Å². The molecule has 4 aromatic rings. The van der Waals surface area contributed by atoms with Crippen molar-refractivity contribution in [3.05, 3.63) is 111 Å². The predicted octanol–water partition coefficient (Wildman–Crippen LogP) is 2.78. The highest BCUT2D eigenvalue weighted by molar-refractivity contribution is 6.10. The largest absolute Gasteiger partial charge is 0.384 e. The number of amidine groups is 1. The first-order valence-electron chi connectivity index (χ1n) is 9.99. The van der Waals surface area contributed by atoms with Crippen LogP contribution in [0.3, 0.4) is 0 Å². The van der Waals surface area contributed by atoms with E-state index in [9.17, 15) is 9.59 Å². The van der Waals surface area contributed by atoms with Crippen molar-refractivity contribution in [2.24, 2.45) is 12.0 Å². The van der Waals surface area contributed by atoms with Gasteiger partial charge in [-0.15, -0.1) is 0 Å². The molecule has 8 heteroatoms. The van der Waals surface area contributed by atoms with Crippen molar-refractivity contribution in [2.75, 3.05) is 11.1 Å². The number of nitrogens with one attached hydrogen (secondary N) is 2. The maximum absolute atomic E-state index is 12.8. The summed E-state index contributed by atoms with van der Waals surface area (Å²) < 4.78 is 0.968. The van der Waals surface area contributed by atoms with Gasteiger partial charge in [-0.1, -0.05) is 48.5 Å². The van der Waals surface area contributed by atoms with E-state index in [1.807, 2.05) is 72.8 Å². The Kier molecular flexibility index (Phi) is 5.94. The van der Waals surface area contributed by atoms with E-state index in [-0.39, 0.29) is 17.2 Å². The van der Waals surface area contributed by atoms with Crippen LogP contribution >= 0.6 is 0 Å². The molecule has 32 heavy (non-hydrogen) atoms. The molecule has 0 aliphatic heterocycles. The van der Waals surface area contributed by atoms with Crippen molar-refractivity contribution < 1.29 is 0 Å². The van der Waals surface area contributed by atoms with E-state index in [1.54, 1.807) is 6.20 Å². The molecule has 2 heterocycles. The summed E-state index contributed by atoms with van der Waals surface area (Å²) in [6.45, 7) is 0.305. The molecule has 0 saturated heterocycles. The number of rotatable bonds is 5. The summed E-state index contributed by atoms with van der Waals surface area (Å²) in [7, 11) is 1.39. The Morgan fingerprint density at radius 2 is 1.75 bits per heavy atom. The standard InChI is InChI=1S/C24H22N6O2/c1-30-23(31)20(21(25)29-24(30)32)22(28-18-7-3-2-4-8-18)27-15-16-10-12-17(13-11-16)19-9-5-6-14-26-19/h2-14H,15,25H2,1H3,(H,27,28)(H,29,32). The normalized spacial score (nSPS) is 11.3. The minimum absolute atomic E-state index is 0.0363. The van der Waals surface area contributed by atoms with E-state index in [1.165, 1.54) is 7.05 Å². The molecule has 2 aromatic heterocycles. The molecule has 0 spiro atoms. The number of aromatic amines is 1. The van der Waals surface area contributed by atoms with Crippen LogP contribution in [-0.4, -0.2) is 20.4 Å². The first kappa shape index (κ1) is 20.8. The molecule has 0 saturated carbocycles. The van der Waals surface area contributed by atoms with Crippen molar-refractivity contribution in [1.82, 2.24) is 14.5 Å². The summed E-state index contributed by atoms with van der Waals surface area (Å²) in [5, 5.41) is 3.16. The van der Waals surface area contributed by atoms with Crippen LogP contribution in [0.15, 0.2) is 93.6 Å². The van der Waals surface area contributed by atoms with Gasteiger partial charge in [0.25, 0.3) is 5.56 Å². The summed E-state index contributed by atoms with van der Waals surface area (Å²) in [6, 6.07) is 23.0. The number of nitrogens with two attached hydrogens (primary N) is 1. The molecule has 0 radical (unpaired) electrons. The lowest BCUT2D eigenvalue weighted by Crippen LogP contribution is -2.39. The second kappa shape index (κ2) is 9.13. The van der Waals surface area contributed by atoms with Crippen LogP contribution in [-0.2, 0) is 13.6 Å². The number of pyridine rings is 1. The lowest BCUT2D eigenvalue weighted by atomic mass is 10.1. The fourth-order valence-corrected chi connectivity index (χ4v) is 3.19. The Labute approximate surface area is 184 Å². The van der Waals surface area contributed by atoms with Gasteiger partial charge in [0.15, 0.2) is 0 Å². The molecule has 0 aliphatic carbocycles. The first-order chi connectivity index (χ1) is 15.5. The van der Waals surface area contributed by atoms with Gasteiger partial charge in [-0.25, -0.2) is 4.79 Å². The zero-order valence-electron chi connectivity index (χ0n) is 17.4. The average Bonchev–Trinajstić information content (AvgIpc) is 2.82. The quantitative estimate of drug-likeness (QED) is 0.335. The third-order valence-electron chi connectivity index (χ3n) is 4.94. The molecule has 0 atom stereocenters. The summed E-state index contributed by atoms with van der Waals surface area (Å²) >= 11 is 0. The van der Waals surface area contributed by atoms with E-state index >= 15 is 0 Å². The van der Waals surface area contributed by atoms with Crippen molar-refractivity contribution in [3.63, 3.8) is 0 Å². The van der Waals surface area contributed by atoms with Crippen LogP contribution < -0.4 is 22.3 Å². The number of aromatic nitrogens is 3. The Balaban J connectivity index is 1.69. The number of para-hydroxylation sites is 1. The Bertz CT molecular complexity index is 1360. The number of anilines is 2. The van der Waals surface area contributed by atoms with Crippen LogP contribution in [0.5, 0.6) is 0 Å². The molecule has 4 rings (SSSR count). The van der Waals surface area contributed by atoms with Gasteiger partial charge >= 0.3 is 5.69 Å². The van der Waals surface area contributed by atoms with Crippen LogP contribution in [0.2, 0.25) is 0 Å². The number of H-pyrrole nitrogens is 1. The van der Waals surface area contributed by atoms with Gasteiger partial charge in [0.1, 0.15) is 17.2 Å². The van der Waals surface area contributed by atoms with Gasteiger partial charge in [0.2, 0.25) is 0 Å². The predicted molar refractivity (Wildman–Crippen MR) is 127 cm³/mol. The first-order valence-corrected chi connectivity index (χ1v) is 9.99. The molecule has 0 fully saturated rings. The van der Waals surface area contributed by atoms with Crippen LogP contribution in [0.4, 0.5) is 11.5 Å². The maximum Gasteiger partial charge on any atom is 0.329 e. The molecule has 0 amide bonds. The zero-order valence-corrected chi connectivity index (χ0v) is 17.4. The lowest BCUT2D eigenvalue weighted by Gasteiger charge is -2.13. The van der Waals surface area contributed by atoms with Crippen molar-refractivity contribution >= 4 is 17.3 Å². The number of hydrogen-bond acceptors (Lipinski definition) is 5. The average molecular weight is 426 g/mol. The lowest BCUT2D eigenvalue weighted by molar-refractivity contribution is 0.776. The number of aliphatic imine (C=N–C) groups is 1. The maximum atomic E-state index is 12.8. The number of nitrogens with zero attached hydrogens (tertiary/aromatic N) is 3.